The van der Waals surface area contributed by atoms with Crippen molar-refractivity contribution in [3.63, 3.8) is 0 Å². The molecular weight excluding hydrogens is 412 g/mol. The Bertz CT molecular complexity index is 1090. The summed E-state index contributed by atoms with van der Waals surface area (Å²) in [6, 6.07) is 9.36. The summed E-state index contributed by atoms with van der Waals surface area (Å²) >= 11 is 0. The van der Waals surface area contributed by atoms with Crippen LogP contribution in [0.4, 0.5) is 0 Å². The first-order chi connectivity index (χ1) is 14.8. The van der Waals surface area contributed by atoms with Crippen LogP contribution in [0.5, 0.6) is 17.2 Å². The fourth-order valence-electron chi connectivity index (χ4n) is 3.37. The molecule has 10 nitrogen and oxygen atoms in total. The molecule has 1 aliphatic carbocycles. The second kappa shape index (κ2) is 8.17. The van der Waals surface area contributed by atoms with Gasteiger partial charge in [0, 0.05) is 17.7 Å². The summed E-state index contributed by atoms with van der Waals surface area (Å²) in [6.45, 7) is -0.634. The summed E-state index contributed by atoms with van der Waals surface area (Å²) in [5, 5.41) is 59.3. The number of hydrogen-bond acceptors (Lipinski definition) is 10. The van der Waals surface area contributed by atoms with Crippen molar-refractivity contribution in [2.24, 2.45) is 0 Å². The highest BCUT2D eigenvalue weighted by atomic mass is 16.7. The number of aliphatic hydroxyl groups is 4. The van der Waals surface area contributed by atoms with Crippen molar-refractivity contribution >= 4 is 0 Å². The van der Waals surface area contributed by atoms with Gasteiger partial charge in [-0.25, -0.2) is 0 Å². The molecule has 1 aromatic rings. The third-order valence-corrected chi connectivity index (χ3v) is 5.03. The van der Waals surface area contributed by atoms with E-state index in [1.807, 2.05) is 0 Å². The summed E-state index contributed by atoms with van der Waals surface area (Å²) < 4.78 is 16.9. The molecule has 31 heavy (non-hydrogen) atoms. The first-order valence-corrected chi connectivity index (χ1v) is 9.36. The van der Waals surface area contributed by atoms with Crippen LogP contribution >= 0.6 is 0 Å². The lowest BCUT2D eigenvalue weighted by Crippen LogP contribution is -2.60. The summed E-state index contributed by atoms with van der Waals surface area (Å²) in [7, 11) is 0. The lowest BCUT2D eigenvalue weighted by molar-refractivity contribution is -0.277. The van der Waals surface area contributed by atoms with E-state index in [4.69, 9.17) is 13.9 Å². The Morgan fingerprint density at radius 3 is 2.32 bits per heavy atom. The number of benzene rings is 2. The van der Waals surface area contributed by atoms with Crippen molar-refractivity contribution in [2.45, 2.75) is 30.7 Å². The molecule has 1 saturated heterocycles. The molecule has 0 aromatic heterocycles. The summed E-state index contributed by atoms with van der Waals surface area (Å²) in [6.07, 6.45) is -7.56. The number of aliphatic hydroxyl groups excluding tert-OH is 4. The van der Waals surface area contributed by atoms with Gasteiger partial charge in [0.05, 0.1) is 12.2 Å². The van der Waals surface area contributed by atoms with Gasteiger partial charge in [-0.3, -0.25) is 4.79 Å². The predicted molar refractivity (Wildman–Crippen MR) is 105 cm³/mol. The zero-order valence-corrected chi connectivity index (χ0v) is 16.0. The molecule has 1 aromatic carbocycles. The zero-order chi connectivity index (χ0) is 22.3. The van der Waals surface area contributed by atoms with Gasteiger partial charge >= 0.3 is 0 Å². The fourth-order valence-corrected chi connectivity index (χ4v) is 3.37. The first-order valence-electron chi connectivity index (χ1n) is 9.36. The number of ether oxygens (including phenoxy) is 2. The van der Waals surface area contributed by atoms with E-state index in [9.17, 15) is 35.4 Å². The van der Waals surface area contributed by atoms with E-state index in [2.05, 4.69) is 0 Å². The molecule has 0 bridgehead atoms. The van der Waals surface area contributed by atoms with Crippen LogP contribution in [-0.2, 0) is 4.74 Å². The fraction of sp³-hybridized carbons (Fsp3) is 0.286. The number of aromatic hydroxyl groups is 2. The predicted octanol–water partition coefficient (Wildman–Crippen LogP) is 0.00150. The SMILES string of the molecule is O=c1cc2oc(-c3ccc(O)cc3)c(O[C@@H]3O[C@H](CO)[C@@H](O)[C@H](O)[C@H]3O)cc-2c(O)c1. The highest BCUT2D eigenvalue weighted by molar-refractivity contribution is 5.75. The Hall–Kier alpha value is -3.15. The summed E-state index contributed by atoms with van der Waals surface area (Å²) in [5.74, 6) is -0.247. The maximum atomic E-state index is 11.8. The van der Waals surface area contributed by atoms with Crippen molar-refractivity contribution in [1.82, 2.24) is 0 Å². The zero-order valence-electron chi connectivity index (χ0n) is 16.0. The minimum absolute atomic E-state index is 0.000398. The molecular formula is C21H20O10. The number of hydrogen-bond donors (Lipinski definition) is 6. The molecule has 0 saturated carbocycles. The Morgan fingerprint density at radius 2 is 1.65 bits per heavy atom. The Labute approximate surface area is 175 Å². The van der Waals surface area contributed by atoms with E-state index < -0.39 is 42.7 Å². The summed E-state index contributed by atoms with van der Waals surface area (Å²) in [4.78, 5) is 11.8. The standard InChI is InChI=1S/C21H20O10/c22-8-16-17(26)18(27)19(28)21(31-16)30-15-7-12-13(25)5-11(24)6-14(12)29-20(15)9-1-3-10(23)4-2-9/h1-7,16-19,21-23,25-28H,8H2/t16-,17-,18+,19-,21-/m1/s1. The number of fused-ring (bicyclic) bond motifs is 1. The van der Waals surface area contributed by atoms with E-state index in [0.29, 0.717) is 5.56 Å². The van der Waals surface area contributed by atoms with Gasteiger partial charge < -0.3 is 44.5 Å². The average Bonchev–Trinajstić information content (AvgIpc) is 2.74. The molecule has 2 aliphatic heterocycles. The van der Waals surface area contributed by atoms with Gasteiger partial charge in [-0.1, -0.05) is 0 Å². The topological polar surface area (TPSA) is 170 Å². The molecule has 1 fully saturated rings. The normalized spacial score (nSPS) is 26.1. The van der Waals surface area contributed by atoms with Crippen LogP contribution in [0, 0.1) is 0 Å². The highest BCUT2D eigenvalue weighted by Gasteiger charge is 2.45. The Balaban J connectivity index is 1.82. The lowest BCUT2D eigenvalue weighted by atomic mass is 9.99. The molecule has 2 heterocycles. The van der Waals surface area contributed by atoms with Crippen LogP contribution in [0.1, 0.15) is 0 Å². The third-order valence-electron chi connectivity index (χ3n) is 5.03. The first kappa shape index (κ1) is 21.1. The van der Waals surface area contributed by atoms with Gasteiger partial charge in [0.25, 0.3) is 0 Å². The summed E-state index contributed by atoms with van der Waals surface area (Å²) in [5.41, 5.74) is 0.0878. The van der Waals surface area contributed by atoms with Crippen molar-refractivity contribution in [2.75, 3.05) is 6.61 Å². The Morgan fingerprint density at radius 1 is 0.935 bits per heavy atom. The molecule has 10 heteroatoms. The van der Waals surface area contributed by atoms with Gasteiger partial charge in [0.15, 0.2) is 16.9 Å². The quantitative estimate of drug-likeness (QED) is 0.330. The molecule has 0 spiro atoms. The van der Waals surface area contributed by atoms with Crippen LogP contribution in [0.25, 0.3) is 22.6 Å². The monoisotopic (exact) mass is 432 g/mol. The van der Waals surface area contributed by atoms with Crippen LogP contribution in [-0.4, -0.2) is 68.0 Å². The number of phenols is 2. The second-order valence-corrected chi connectivity index (χ2v) is 7.16. The van der Waals surface area contributed by atoms with Crippen LogP contribution < -0.4 is 10.2 Å². The van der Waals surface area contributed by atoms with E-state index in [1.54, 1.807) is 0 Å². The van der Waals surface area contributed by atoms with Crippen LogP contribution in [0.15, 0.2) is 51.7 Å². The molecule has 0 unspecified atom stereocenters. The van der Waals surface area contributed by atoms with Crippen molar-refractivity contribution in [3.05, 3.63) is 52.7 Å². The van der Waals surface area contributed by atoms with Gasteiger partial charge in [-0.05, 0) is 30.3 Å². The minimum atomic E-state index is -1.67. The van der Waals surface area contributed by atoms with Gasteiger partial charge in [0.1, 0.15) is 41.7 Å². The maximum absolute atomic E-state index is 11.8. The molecule has 4 rings (SSSR count). The third kappa shape index (κ3) is 3.94. The van der Waals surface area contributed by atoms with Gasteiger partial charge in [-0.15, -0.1) is 0 Å². The molecule has 164 valence electrons. The smallest absolute Gasteiger partial charge is 0.229 e. The van der Waals surface area contributed by atoms with Crippen LogP contribution in [0.2, 0.25) is 0 Å². The average molecular weight is 432 g/mol. The van der Waals surface area contributed by atoms with Crippen molar-refractivity contribution in [3.8, 4) is 39.9 Å². The van der Waals surface area contributed by atoms with E-state index in [0.717, 1.165) is 6.07 Å². The van der Waals surface area contributed by atoms with E-state index >= 15 is 0 Å². The molecule has 5 atom stereocenters. The largest absolute Gasteiger partial charge is 0.508 e. The Kier molecular flexibility index (Phi) is 5.56. The lowest BCUT2D eigenvalue weighted by Gasteiger charge is -2.39. The second-order valence-electron chi connectivity index (χ2n) is 7.16. The van der Waals surface area contributed by atoms with E-state index in [-0.39, 0.29) is 34.3 Å². The van der Waals surface area contributed by atoms with Gasteiger partial charge in [-0.2, -0.15) is 0 Å². The van der Waals surface area contributed by atoms with E-state index in [1.165, 1.54) is 36.4 Å². The van der Waals surface area contributed by atoms with Crippen molar-refractivity contribution in [1.29, 1.82) is 0 Å². The maximum Gasteiger partial charge on any atom is 0.229 e. The minimum Gasteiger partial charge on any atom is -0.508 e. The molecule has 6 N–H and O–H groups in total. The van der Waals surface area contributed by atoms with Gasteiger partial charge in [0.2, 0.25) is 6.29 Å². The van der Waals surface area contributed by atoms with Crippen molar-refractivity contribution < 1.29 is 44.5 Å². The van der Waals surface area contributed by atoms with Crippen LogP contribution in [0.3, 0.4) is 0 Å². The number of rotatable bonds is 4. The highest BCUT2D eigenvalue weighted by Crippen LogP contribution is 2.41. The molecule has 3 aliphatic rings. The molecule has 0 radical (unpaired) electrons. The number of phenolic OH excluding ortho intramolecular Hbond substituents is 2. The molecule has 0 amide bonds.